The van der Waals surface area contributed by atoms with Crippen molar-refractivity contribution in [2.75, 3.05) is 52.6 Å². The van der Waals surface area contributed by atoms with E-state index in [4.69, 9.17) is 25.8 Å². The first-order valence-electron chi connectivity index (χ1n) is 15.7. The van der Waals surface area contributed by atoms with E-state index in [-0.39, 0.29) is 64.5 Å². The number of fused-ring (bicyclic) bond motifs is 3. The Balaban J connectivity index is 1.17. The van der Waals surface area contributed by atoms with Crippen molar-refractivity contribution in [1.82, 2.24) is 35.4 Å². The van der Waals surface area contributed by atoms with E-state index in [0.29, 0.717) is 43.6 Å². The second-order valence-electron chi connectivity index (χ2n) is 12.5. The molecule has 3 aliphatic heterocycles. The molecule has 0 unspecified atom stereocenters. The number of nitrogens with one attached hydrogen (secondary N) is 3. The number of hydrogen-bond donors (Lipinski definition) is 3. The second-order valence-corrected chi connectivity index (χ2v) is 12.9. The van der Waals surface area contributed by atoms with Crippen molar-refractivity contribution in [3.8, 4) is 17.3 Å². The number of nitrogens with zero attached hydrogens (tertiary/aromatic N) is 4. The number of aromatic nitrogens is 5. The van der Waals surface area contributed by atoms with Gasteiger partial charge in [-0.15, -0.1) is 0 Å². The maximum Gasteiger partial charge on any atom is 0.297 e. The Bertz CT molecular complexity index is 1840. The highest BCUT2D eigenvalue weighted by Gasteiger charge is 2.49. The fourth-order valence-corrected chi connectivity index (χ4v) is 7.30. The van der Waals surface area contributed by atoms with Crippen molar-refractivity contribution in [2.45, 2.75) is 55.8 Å². The minimum Gasteiger partial charge on any atom is -0.463 e. The standard InChI is InChI=1S/C31H34ClF4N7O4/c32-22-8-23-20(12-39-42-23)24(19(22)2-4-31(35,36)16-45-14-18-10-37-5-7-46-18)27-25(34)26-21(11-38-27)28(44)41-29(40-26)47-15-30-3-1-6-43(30)13-17(33)9-30/h8,11-12,17-18,37H,1-7,9-10,13-16H2,(H,39,42)(H,40,41,44)/t17-,18-,30+/m1/s1. The molecule has 3 aromatic heterocycles. The van der Waals surface area contributed by atoms with Crippen molar-refractivity contribution < 1.29 is 31.8 Å². The summed E-state index contributed by atoms with van der Waals surface area (Å²) >= 11 is 6.61. The van der Waals surface area contributed by atoms with Gasteiger partial charge in [0.2, 0.25) is 0 Å². The third kappa shape index (κ3) is 6.43. The number of morpholine rings is 1. The first-order valence-corrected chi connectivity index (χ1v) is 16.0. The summed E-state index contributed by atoms with van der Waals surface area (Å²) in [5.74, 6) is -4.17. The number of aromatic amines is 2. The first-order chi connectivity index (χ1) is 22.6. The molecule has 3 atom stereocenters. The Morgan fingerprint density at radius 2 is 2.13 bits per heavy atom. The van der Waals surface area contributed by atoms with Gasteiger partial charge in [0.05, 0.1) is 42.0 Å². The number of pyridine rings is 1. The SMILES string of the molecule is O=c1[nH]c(OC[C@@]23CCCN2C[C@H](F)C3)nc2c(F)c(-c3c(CCC(F)(F)COC[C@H]4CNCCO4)c(Cl)cc4[nH]ncc34)ncc12. The number of halogens is 5. The normalized spacial score (nSPS) is 23.6. The molecule has 0 aliphatic carbocycles. The largest absolute Gasteiger partial charge is 0.463 e. The topological polar surface area (TPSA) is 130 Å². The monoisotopic (exact) mass is 679 g/mol. The molecule has 4 aromatic rings. The Kier molecular flexibility index (Phi) is 8.85. The molecule has 0 bridgehead atoms. The van der Waals surface area contributed by atoms with Crippen LogP contribution in [0.25, 0.3) is 33.1 Å². The van der Waals surface area contributed by atoms with Crippen molar-refractivity contribution >= 4 is 33.4 Å². The van der Waals surface area contributed by atoms with Crippen LogP contribution in [0, 0.1) is 5.82 Å². The highest BCUT2D eigenvalue weighted by molar-refractivity contribution is 6.33. The summed E-state index contributed by atoms with van der Waals surface area (Å²) in [6, 6.07) is 1.32. The summed E-state index contributed by atoms with van der Waals surface area (Å²) in [4.78, 5) is 26.1. The third-order valence-electron chi connectivity index (χ3n) is 9.31. The number of H-pyrrole nitrogens is 2. The van der Waals surface area contributed by atoms with Crippen molar-refractivity contribution in [2.24, 2.45) is 0 Å². The predicted octanol–water partition coefficient (Wildman–Crippen LogP) is 4.18. The maximum absolute atomic E-state index is 16.4. The van der Waals surface area contributed by atoms with E-state index in [1.54, 1.807) is 0 Å². The molecular weight excluding hydrogens is 646 g/mol. The van der Waals surface area contributed by atoms with E-state index >= 15 is 13.2 Å². The molecule has 16 heteroatoms. The fourth-order valence-electron chi connectivity index (χ4n) is 7.00. The van der Waals surface area contributed by atoms with Crippen LogP contribution in [0.4, 0.5) is 17.6 Å². The summed E-state index contributed by atoms with van der Waals surface area (Å²) < 4.78 is 77.4. The van der Waals surface area contributed by atoms with Crippen LogP contribution in [-0.2, 0) is 15.9 Å². The van der Waals surface area contributed by atoms with Gasteiger partial charge in [0.25, 0.3) is 17.5 Å². The fraction of sp³-hybridized carbons (Fsp3) is 0.548. The van der Waals surface area contributed by atoms with Gasteiger partial charge in [0.1, 0.15) is 30.6 Å². The summed E-state index contributed by atoms with van der Waals surface area (Å²) in [5.41, 5.74) is -0.900. The quantitative estimate of drug-likeness (QED) is 0.200. The summed E-state index contributed by atoms with van der Waals surface area (Å²) in [7, 11) is 0. The highest BCUT2D eigenvalue weighted by atomic mass is 35.5. The molecule has 0 spiro atoms. The number of rotatable bonds is 11. The van der Waals surface area contributed by atoms with E-state index < -0.39 is 42.0 Å². The lowest BCUT2D eigenvalue weighted by molar-refractivity contribution is -0.106. The lowest BCUT2D eigenvalue weighted by Gasteiger charge is -2.30. The zero-order valence-corrected chi connectivity index (χ0v) is 26.1. The van der Waals surface area contributed by atoms with Gasteiger partial charge in [-0.3, -0.25) is 24.8 Å². The summed E-state index contributed by atoms with van der Waals surface area (Å²) in [5, 5.41) is 10.3. The number of alkyl halides is 3. The number of benzene rings is 1. The van der Waals surface area contributed by atoms with Crippen molar-refractivity contribution in [3.05, 3.63) is 45.2 Å². The second kappa shape index (κ2) is 12.9. The van der Waals surface area contributed by atoms with Crippen LogP contribution in [0.3, 0.4) is 0 Å². The molecule has 6 heterocycles. The smallest absolute Gasteiger partial charge is 0.297 e. The zero-order valence-electron chi connectivity index (χ0n) is 25.4. The maximum atomic E-state index is 16.4. The Morgan fingerprint density at radius 3 is 2.96 bits per heavy atom. The van der Waals surface area contributed by atoms with Gasteiger partial charge in [0, 0.05) is 54.6 Å². The summed E-state index contributed by atoms with van der Waals surface area (Å²) in [6.45, 7) is 2.07. The molecule has 3 N–H and O–H groups in total. The molecule has 1 aromatic carbocycles. The van der Waals surface area contributed by atoms with Crippen LogP contribution in [0.15, 0.2) is 23.3 Å². The van der Waals surface area contributed by atoms with E-state index in [9.17, 15) is 9.18 Å². The van der Waals surface area contributed by atoms with Crippen LogP contribution in [0.1, 0.15) is 31.2 Å². The van der Waals surface area contributed by atoms with E-state index in [2.05, 4.69) is 35.4 Å². The van der Waals surface area contributed by atoms with E-state index in [1.807, 2.05) is 0 Å². The zero-order chi connectivity index (χ0) is 32.8. The van der Waals surface area contributed by atoms with E-state index in [0.717, 1.165) is 19.4 Å². The van der Waals surface area contributed by atoms with Gasteiger partial charge in [-0.1, -0.05) is 11.6 Å². The van der Waals surface area contributed by atoms with Gasteiger partial charge in [-0.25, -0.2) is 17.6 Å². The number of hydrogen-bond acceptors (Lipinski definition) is 9. The van der Waals surface area contributed by atoms with Crippen LogP contribution in [-0.4, -0.2) is 106 Å². The lowest BCUT2D eigenvalue weighted by atomic mass is 9.94. The Hall–Kier alpha value is -3.37. The molecule has 0 radical (unpaired) electrons. The average Bonchev–Trinajstić information content (AvgIpc) is 3.74. The molecule has 3 saturated heterocycles. The lowest BCUT2D eigenvalue weighted by Crippen LogP contribution is -2.43. The number of ether oxygens (including phenoxy) is 3. The van der Waals surface area contributed by atoms with Crippen LogP contribution < -0.4 is 15.6 Å². The van der Waals surface area contributed by atoms with Gasteiger partial charge in [-0.05, 0) is 37.4 Å². The predicted molar refractivity (Wildman–Crippen MR) is 165 cm³/mol. The van der Waals surface area contributed by atoms with Crippen LogP contribution >= 0.6 is 11.6 Å². The first kappa shape index (κ1) is 32.2. The van der Waals surface area contributed by atoms with Gasteiger partial charge in [0.15, 0.2) is 5.82 Å². The van der Waals surface area contributed by atoms with Gasteiger partial charge >= 0.3 is 0 Å². The molecular formula is C31H34ClF4N7O4. The van der Waals surface area contributed by atoms with Crippen LogP contribution in [0.2, 0.25) is 5.02 Å². The summed E-state index contributed by atoms with van der Waals surface area (Å²) in [6.07, 6.45) is 2.40. The van der Waals surface area contributed by atoms with Crippen LogP contribution in [0.5, 0.6) is 6.01 Å². The van der Waals surface area contributed by atoms with Gasteiger partial charge in [-0.2, -0.15) is 10.1 Å². The minimum atomic E-state index is -3.22. The Labute approximate surface area is 271 Å². The minimum absolute atomic E-state index is 0.0231. The van der Waals surface area contributed by atoms with E-state index in [1.165, 1.54) is 18.5 Å². The third-order valence-corrected chi connectivity index (χ3v) is 9.65. The average molecular weight is 680 g/mol. The molecule has 3 fully saturated rings. The van der Waals surface area contributed by atoms with Gasteiger partial charge < -0.3 is 19.5 Å². The molecule has 252 valence electrons. The molecule has 47 heavy (non-hydrogen) atoms. The molecule has 3 aliphatic rings. The Morgan fingerprint density at radius 1 is 1.26 bits per heavy atom. The molecule has 7 rings (SSSR count). The van der Waals surface area contributed by atoms with Crippen molar-refractivity contribution in [3.63, 3.8) is 0 Å². The molecule has 0 saturated carbocycles. The molecule has 11 nitrogen and oxygen atoms in total. The molecule has 0 amide bonds. The van der Waals surface area contributed by atoms with Crippen molar-refractivity contribution in [1.29, 1.82) is 0 Å². The highest BCUT2D eigenvalue weighted by Crippen LogP contribution is 2.41.